The molecule has 1 rings (SSSR count). The van der Waals surface area contributed by atoms with Crippen LogP contribution in [0.4, 0.5) is 0 Å². The van der Waals surface area contributed by atoms with Gasteiger partial charge in [0.15, 0.2) is 0 Å². The predicted molar refractivity (Wildman–Crippen MR) is 75.0 cm³/mol. The van der Waals surface area contributed by atoms with Crippen LogP contribution in [-0.4, -0.2) is 26.9 Å². The van der Waals surface area contributed by atoms with Gasteiger partial charge in [-0.3, -0.25) is 0 Å². The maximum atomic E-state index is 8.46. The zero-order valence-corrected chi connectivity index (χ0v) is 11.5. The molecule has 0 aliphatic heterocycles. The van der Waals surface area contributed by atoms with Crippen molar-refractivity contribution in [2.24, 2.45) is 0 Å². The smallest absolute Gasteiger partial charge is 0.123 e. The van der Waals surface area contributed by atoms with Crippen LogP contribution in [0.2, 0.25) is 0 Å². The second-order valence-corrected chi connectivity index (χ2v) is 4.24. The van der Waals surface area contributed by atoms with Gasteiger partial charge in [0.1, 0.15) is 5.75 Å². The number of unbranched alkanes of at least 4 members (excludes halogenated alkanes) is 2. The third kappa shape index (κ3) is 6.80. The summed E-state index contributed by atoms with van der Waals surface area (Å²) in [5, 5.41) is 11.8. The third-order valence-electron chi connectivity index (χ3n) is 2.71. The van der Waals surface area contributed by atoms with Gasteiger partial charge in [-0.25, -0.2) is 0 Å². The van der Waals surface area contributed by atoms with Crippen molar-refractivity contribution < 1.29 is 9.47 Å². The van der Waals surface area contributed by atoms with E-state index in [2.05, 4.69) is 17.5 Å². The zero-order chi connectivity index (χ0) is 13.8. The lowest BCUT2D eigenvalue weighted by Crippen LogP contribution is -2.19. The van der Waals surface area contributed by atoms with Crippen LogP contribution in [0.3, 0.4) is 0 Å². The molecule has 4 nitrogen and oxygen atoms in total. The summed E-state index contributed by atoms with van der Waals surface area (Å²) in [5.41, 5.74) is 1.15. The molecule has 104 valence electrons. The molecule has 0 radical (unpaired) electrons. The predicted octanol–water partition coefficient (Wildman–Crippen LogP) is 2.50. The molecule has 0 saturated heterocycles. The highest BCUT2D eigenvalue weighted by Gasteiger charge is 2.02. The Kier molecular flexibility index (Phi) is 8.45. The lowest BCUT2D eigenvalue weighted by atomic mass is 10.2. The quantitative estimate of drug-likeness (QED) is 0.658. The van der Waals surface area contributed by atoms with Crippen molar-refractivity contribution >= 4 is 0 Å². The topological polar surface area (TPSA) is 54.3 Å². The highest BCUT2D eigenvalue weighted by molar-refractivity contribution is 5.33. The van der Waals surface area contributed by atoms with Gasteiger partial charge in [-0.05, 0) is 18.9 Å². The second kappa shape index (κ2) is 10.4. The molecule has 0 spiro atoms. The van der Waals surface area contributed by atoms with E-state index in [0.29, 0.717) is 19.6 Å². The van der Waals surface area contributed by atoms with Crippen molar-refractivity contribution in [1.82, 2.24) is 5.32 Å². The van der Waals surface area contributed by atoms with Crippen LogP contribution in [-0.2, 0) is 11.3 Å². The van der Waals surface area contributed by atoms with E-state index in [1.165, 1.54) is 0 Å². The molecule has 0 atom stereocenters. The van der Waals surface area contributed by atoms with Crippen molar-refractivity contribution in [3.63, 3.8) is 0 Å². The minimum atomic E-state index is 0.601. The summed E-state index contributed by atoms with van der Waals surface area (Å²) in [5.74, 6) is 0.921. The Bertz CT molecular complexity index is 388. The van der Waals surface area contributed by atoms with Crippen molar-refractivity contribution in [2.45, 2.75) is 25.8 Å². The number of hydrogen-bond donors (Lipinski definition) is 1. The molecule has 0 amide bonds. The molecule has 0 fully saturated rings. The van der Waals surface area contributed by atoms with Gasteiger partial charge in [0, 0.05) is 32.2 Å². The van der Waals surface area contributed by atoms with Crippen molar-refractivity contribution in [3.05, 3.63) is 29.8 Å². The molecule has 0 aliphatic rings. The van der Waals surface area contributed by atoms with E-state index in [1.807, 2.05) is 18.2 Å². The molecule has 0 bridgehead atoms. The van der Waals surface area contributed by atoms with E-state index in [0.717, 1.165) is 37.2 Å². The van der Waals surface area contributed by atoms with E-state index < -0.39 is 0 Å². The fraction of sp³-hybridized carbons (Fsp3) is 0.533. The SMILES string of the molecule is COCCNCc1ccccc1OCCCCC#N. The first-order valence-corrected chi connectivity index (χ1v) is 6.65. The number of nitrogens with one attached hydrogen (secondary N) is 1. The van der Waals surface area contributed by atoms with Crippen LogP contribution in [0, 0.1) is 11.3 Å². The zero-order valence-electron chi connectivity index (χ0n) is 11.5. The molecule has 1 N–H and O–H groups in total. The Labute approximate surface area is 115 Å². The first-order valence-electron chi connectivity index (χ1n) is 6.65. The minimum Gasteiger partial charge on any atom is -0.493 e. The Morgan fingerprint density at radius 3 is 2.84 bits per heavy atom. The minimum absolute atomic E-state index is 0.601. The van der Waals surface area contributed by atoms with Crippen LogP contribution in [0.15, 0.2) is 24.3 Å². The lowest BCUT2D eigenvalue weighted by Gasteiger charge is -2.11. The second-order valence-electron chi connectivity index (χ2n) is 4.24. The maximum Gasteiger partial charge on any atom is 0.123 e. The summed E-state index contributed by atoms with van der Waals surface area (Å²) in [4.78, 5) is 0. The summed E-state index contributed by atoms with van der Waals surface area (Å²) in [6.45, 7) is 2.97. The van der Waals surface area contributed by atoms with Gasteiger partial charge >= 0.3 is 0 Å². The number of benzene rings is 1. The number of hydrogen-bond acceptors (Lipinski definition) is 4. The first kappa shape index (κ1) is 15.5. The Hall–Kier alpha value is -1.57. The van der Waals surface area contributed by atoms with E-state index in [1.54, 1.807) is 7.11 Å². The van der Waals surface area contributed by atoms with Crippen molar-refractivity contribution in [3.8, 4) is 11.8 Å². The maximum absolute atomic E-state index is 8.46. The van der Waals surface area contributed by atoms with E-state index in [9.17, 15) is 0 Å². The third-order valence-corrected chi connectivity index (χ3v) is 2.71. The summed E-state index contributed by atoms with van der Waals surface area (Å²) in [6.07, 6.45) is 2.41. The molecule has 1 aromatic carbocycles. The molecule has 0 heterocycles. The number of methoxy groups -OCH3 is 1. The molecule has 0 saturated carbocycles. The fourth-order valence-electron chi connectivity index (χ4n) is 1.68. The number of rotatable bonds is 10. The standard InChI is InChI=1S/C15H22N2O2/c1-18-12-10-17-13-14-7-3-4-8-15(14)19-11-6-2-5-9-16/h3-4,7-8,17H,2,5-6,10-13H2,1H3. The lowest BCUT2D eigenvalue weighted by molar-refractivity contribution is 0.199. The van der Waals surface area contributed by atoms with Crippen LogP contribution in [0.25, 0.3) is 0 Å². The van der Waals surface area contributed by atoms with E-state index in [4.69, 9.17) is 14.7 Å². The first-order chi connectivity index (χ1) is 9.38. The molecule has 4 heteroatoms. The van der Waals surface area contributed by atoms with E-state index >= 15 is 0 Å². The number of para-hydroxylation sites is 1. The molecular formula is C15H22N2O2. The highest BCUT2D eigenvalue weighted by Crippen LogP contribution is 2.18. The Morgan fingerprint density at radius 2 is 2.05 bits per heavy atom. The van der Waals surface area contributed by atoms with Crippen LogP contribution >= 0.6 is 0 Å². The normalized spacial score (nSPS) is 10.1. The number of ether oxygens (including phenoxy) is 2. The van der Waals surface area contributed by atoms with Crippen molar-refractivity contribution in [2.75, 3.05) is 26.9 Å². The average Bonchev–Trinajstić information content (AvgIpc) is 2.45. The number of nitrogens with zero attached hydrogens (tertiary/aromatic N) is 1. The van der Waals surface area contributed by atoms with Crippen LogP contribution in [0.5, 0.6) is 5.75 Å². The van der Waals surface area contributed by atoms with Gasteiger partial charge in [0.05, 0.1) is 19.3 Å². The van der Waals surface area contributed by atoms with Gasteiger partial charge in [-0.15, -0.1) is 0 Å². The van der Waals surface area contributed by atoms with Gasteiger partial charge in [-0.2, -0.15) is 5.26 Å². The largest absolute Gasteiger partial charge is 0.493 e. The molecule has 0 aromatic heterocycles. The van der Waals surface area contributed by atoms with E-state index in [-0.39, 0.29) is 0 Å². The highest BCUT2D eigenvalue weighted by atomic mass is 16.5. The average molecular weight is 262 g/mol. The summed E-state index contributed by atoms with van der Waals surface area (Å²) in [7, 11) is 1.69. The van der Waals surface area contributed by atoms with Gasteiger partial charge in [0.2, 0.25) is 0 Å². The molecule has 0 unspecified atom stereocenters. The molecule has 19 heavy (non-hydrogen) atoms. The van der Waals surface area contributed by atoms with Crippen LogP contribution < -0.4 is 10.1 Å². The van der Waals surface area contributed by atoms with Gasteiger partial charge in [-0.1, -0.05) is 18.2 Å². The molecule has 0 aliphatic carbocycles. The fourth-order valence-corrected chi connectivity index (χ4v) is 1.68. The number of nitriles is 1. The summed E-state index contributed by atoms with van der Waals surface area (Å²) < 4.78 is 10.8. The monoisotopic (exact) mass is 262 g/mol. The van der Waals surface area contributed by atoms with Crippen molar-refractivity contribution in [1.29, 1.82) is 5.26 Å². The summed E-state index contributed by atoms with van der Waals surface area (Å²) in [6, 6.07) is 10.2. The molecule has 1 aromatic rings. The Balaban J connectivity index is 2.33. The van der Waals surface area contributed by atoms with Gasteiger partial charge < -0.3 is 14.8 Å². The van der Waals surface area contributed by atoms with Gasteiger partial charge in [0.25, 0.3) is 0 Å². The summed E-state index contributed by atoms with van der Waals surface area (Å²) >= 11 is 0. The Morgan fingerprint density at radius 1 is 1.21 bits per heavy atom. The molecular weight excluding hydrogens is 240 g/mol. The van der Waals surface area contributed by atoms with Crippen LogP contribution in [0.1, 0.15) is 24.8 Å².